The predicted octanol–water partition coefficient (Wildman–Crippen LogP) is 5.81. The first-order valence-electron chi connectivity index (χ1n) is 9.09. The fourth-order valence-corrected chi connectivity index (χ4v) is 3.32. The molecule has 1 aliphatic carbocycles. The maximum absolute atomic E-state index is 11.2. The van der Waals surface area contributed by atoms with E-state index < -0.39 is 0 Å². The highest BCUT2D eigenvalue weighted by Gasteiger charge is 2.22. The number of carbonyl (C=O) groups excluding carboxylic acids is 1. The molecule has 0 unspecified atom stereocenters. The lowest BCUT2D eigenvalue weighted by molar-refractivity contribution is -0.144. The molecule has 0 aromatic carbocycles. The van der Waals surface area contributed by atoms with Gasteiger partial charge in [0.15, 0.2) is 0 Å². The lowest BCUT2D eigenvalue weighted by Crippen LogP contribution is -2.23. The van der Waals surface area contributed by atoms with Gasteiger partial charge in [0.2, 0.25) is 0 Å². The quantitative estimate of drug-likeness (QED) is 0.273. The molecule has 0 aliphatic heterocycles. The van der Waals surface area contributed by atoms with Crippen molar-refractivity contribution in [2.24, 2.45) is 5.92 Å². The highest BCUT2D eigenvalue weighted by atomic mass is 16.5. The van der Waals surface area contributed by atoms with E-state index in [1.165, 1.54) is 76.7 Å². The zero-order valence-electron chi connectivity index (χ0n) is 13.9. The number of hydrogen-bond acceptors (Lipinski definition) is 2. The standard InChI is InChI=1S/C19H34O2/c1-3-5-6-7-8-9-10-11-12-17-13-15-18(16-14-17)21-19(20)4-2/h4,17-18H,2-3,5-16H2,1H3. The van der Waals surface area contributed by atoms with Crippen LogP contribution in [0.15, 0.2) is 12.7 Å². The van der Waals surface area contributed by atoms with Gasteiger partial charge >= 0.3 is 5.97 Å². The van der Waals surface area contributed by atoms with Crippen molar-refractivity contribution in [2.75, 3.05) is 0 Å². The first-order chi connectivity index (χ1) is 10.3. The van der Waals surface area contributed by atoms with E-state index in [1.807, 2.05) is 0 Å². The van der Waals surface area contributed by atoms with Gasteiger partial charge in [0, 0.05) is 6.08 Å². The third-order valence-corrected chi connectivity index (χ3v) is 4.71. The average Bonchev–Trinajstić information content (AvgIpc) is 2.51. The summed E-state index contributed by atoms with van der Waals surface area (Å²) in [6.45, 7) is 5.72. The second-order valence-corrected chi connectivity index (χ2v) is 6.55. The molecule has 122 valence electrons. The van der Waals surface area contributed by atoms with Crippen LogP contribution in [-0.2, 0) is 9.53 Å². The monoisotopic (exact) mass is 294 g/mol. The minimum absolute atomic E-state index is 0.144. The predicted molar refractivity (Wildman–Crippen MR) is 89.3 cm³/mol. The van der Waals surface area contributed by atoms with Gasteiger partial charge < -0.3 is 4.74 Å². The molecule has 2 nitrogen and oxygen atoms in total. The normalized spacial score (nSPS) is 22.0. The van der Waals surface area contributed by atoms with Crippen molar-refractivity contribution in [1.29, 1.82) is 0 Å². The molecule has 0 aromatic rings. The number of carbonyl (C=O) groups is 1. The van der Waals surface area contributed by atoms with Crippen molar-refractivity contribution in [3.63, 3.8) is 0 Å². The van der Waals surface area contributed by atoms with Crippen LogP contribution in [0.5, 0.6) is 0 Å². The van der Waals surface area contributed by atoms with Gasteiger partial charge in [-0.15, -0.1) is 0 Å². The second kappa shape index (κ2) is 11.8. The zero-order valence-corrected chi connectivity index (χ0v) is 13.9. The van der Waals surface area contributed by atoms with Gasteiger partial charge in [-0.25, -0.2) is 4.79 Å². The summed E-state index contributed by atoms with van der Waals surface area (Å²) in [5, 5.41) is 0. The number of ether oxygens (including phenoxy) is 1. The Morgan fingerprint density at radius 3 is 2.14 bits per heavy atom. The number of rotatable bonds is 11. The molecule has 0 amide bonds. The molecule has 21 heavy (non-hydrogen) atoms. The van der Waals surface area contributed by atoms with Gasteiger partial charge in [0.1, 0.15) is 6.10 Å². The molecule has 0 saturated heterocycles. The summed E-state index contributed by atoms with van der Waals surface area (Å²) < 4.78 is 5.32. The third-order valence-electron chi connectivity index (χ3n) is 4.71. The molecule has 1 saturated carbocycles. The van der Waals surface area contributed by atoms with Crippen molar-refractivity contribution >= 4 is 5.97 Å². The zero-order chi connectivity index (χ0) is 15.3. The summed E-state index contributed by atoms with van der Waals surface area (Å²) in [4.78, 5) is 11.2. The van der Waals surface area contributed by atoms with Gasteiger partial charge in [-0.05, 0) is 31.6 Å². The summed E-state index contributed by atoms with van der Waals surface area (Å²) in [7, 11) is 0. The highest BCUT2D eigenvalue weighted by molar-refractivity contribution is 5.81. The molecule has 0 bridgehead atoms. The summed E-state index contributed by atoms with van der Waals surface area (Å²) in [6, 6.07) is 0. The molecule has 0 radical (unpaired) electrons. The van der Waals surface area contributed by atoms with Gasteiger partial charge in [-0.2, -0.15) is 0 Å². The van der Waals surface area contributed by atoms with E-state index in [9.17, 15) is 4.79 Å². The average molecular weight is 294 g/mol. The van der Waals surface area contributed by atoms with Crippen LogP contribution in [0.3, 0.4) is 0 Å². The van der Waals surface area contributed by atoms with Crippen molar-refractivity contribution in [3.05, 3.63) is 12.7 Å². The van der Waals surface area contributed by atoms with E-state index in [0.29, 0.717) is 0 Å². The SMILES string of the molecule is C=CC(=O)OC1CCC(CCCCCCCCCC)CC1. The Morgan fingerprint density at radius 1 is 1.00 bits per heavy atom. The molecular formula is C19H34O2. The molecular weight excluding hydrogens is 260 g/mol. The molecule has 0 N–H and O–H groups in total. The maximum Gasteiger partial charge on any atom is 0.330 e. The molecule has 1 fully saturated rings. The van der Waals surface area contributed by atoms with Crippen LogP contribution in [0.2, 0.25) is 0 Å². The lowest BCUT2D eigenvalue weighted by atomic mass is 9.84. The van der Waals surface area contributed by atoms with E-state index in [-0.39, 0.29) is 12.1 Å². The van der Waals surface area contributed by atoms with Gasteiger partial charge in [0.25, 0.3) is 0 Å². The Bertz CT molecular complexity index is 277. The van der Waals surface area contributed by atoms with Gasteiger partial charge in [0.05, 0.1) is 0 Å². The van der Waals surface area contributed by atoms with Gasteiger partial charge in [-0.3, -0.25) is 0 Å². The van der Waals surface area contributed by atoms with Crippen LogP contribution in [0.25, 0.3) is 0 Å². The summed E-state index contributed by atoms with van der Waals surface area (Å²) in [5.74, 6) is 0.602. The van der Waals surface area contributed by atoms with Crippen LogP contribution in [0.4, 0.5) is 0 Å². The molecule has 2 heteroatoms. The molecule has 1 aliphatic rings. The van der Waals surface area contributed by atoms with E-state index in [0.717, 1.165) is 18.8 Å². The number of hydrogen-bond donors (Lipinski definition) is 0. The molecule has 0 spiro atoms. The van der Waals surface area contributed by atoms with Crippen molar-refractivity contribution in [1.82, 2.24) is 0 Å². The smallest absolute Gasteiger partial charge is 0.330 e. The van der Waals surface area contributed by atoms with Crippen LogP contribution >= 0.6 is 0 Å². The van der Waals surface area contributed by atoms with Crippen molar-refractivity contribution in [2.45, 2.75) is 96.5 Å². The Kier molecular flexibility index (Phi) is 10.3. The number of esters is 1. The minimum Gasteiger partial charge on any atom is -0.459 e. The Hall–Kier alpha value is -0.790. The first kappa shape index (κ1) is 18.3. The van der Waals surface area contributed by atoms with Crippen LogP contribution in [-0.4, -0.2) is 12.1 Å². The third kappa shape index (κ3) is 8.95. The molecule has 1 rings (SSSR count). The number of unbranched alkanes of at least 4 members (excludes halogenated alkanes) is 7. The highest BCUT2D eigenvalue weighted by Crippen LogP contribution is 2.30. The summed E-state index contributed by atoms with van der Waals surface area (Å²) in [6.07, 6.45) is 18.5. The van der Waals surface area contributed by atoms with E-state index in [2.05, 4.69) is 13.5 Å². The van der Waals surface area contributed by atoms with Crippen LogP contribution in [0, 0.1) is 5.92 Å². The topological polar surface area (TPSA) is 26.3 Å². The first-order valence-corrected chi connectivity index (χ1v) is 9.09. The maximum atomic E-state index is 11.2. The summed E-state index contributed by atoms with van der Waals surface area (Å²) in [5.41, 5.74) is 0. The van der Waals surface area contributed by atoms with E-state index in [4.69, 9.17) is 4.74 Å². The van der Waals surface area contributed by atoms with Gasteiger partial charge in [-0.1, -0.05) is 71.3 Å². The van der Waals surface area contributed by atoms with Crippen molar-refractivity contribution < 1.29 is 9.53 Å². The summed E-state index contributed by atoms with van der Waals surface area (Å²) >= 11 is 0. The van der Waals surface area contributed by atoms with Crippen LogP contribution < -0.4 is 0 Å². The van der Waals surface area contributed by atoms with E-state index in [1.54, 1.807) is 0 Å². The minimum atomic E-state index is -0.262. The molecule has 0 heterocycles. The Labute approximate surface area is 131 Å². The lowest BCUT2D eigenvalue weighted by Gasteiger charge is -2.28. The van der Waals surface area contributed by atoms with Crippen LogP contribution in [0.1, 0.15) is 90.4 Å². The molecule has 0 atom stereocenters. The molecule has 0 aromatic heterocycles. The fourth-order valence-electron chi connectivity index (χ4n) is 3.32. The second-order valence-electron chi connectivity index (χ2n) is 6.55. The van der Waals surface area contributed by atoms with E-state index >= 15 is 0 Å². The Morgan fingerprint density at radius 2 is 1.57 bits per heavy atom. The van der Waals surface area contributed by atoms with Crippen molar-refractivity contribution in [3.8, 4) is 0 Å². The fraction of sp³-hybridized carbons (Fsp3) is 0.842. The Balaban J connectivity index is 1.93. The largest absolute Gasteiger partial charge is 0.459 e.